The van der Waals surface area contributed by atoms with Gasteiger partial charge in [0.15, 0.2) is 0 Å². The normalized spacial score (nSPS) is 22.9. The van der Waals surface area contributed by atoms with Crippen LogP contribution in [-0.2, 0) is 0 Å². The lowest BCUT2D eigenvalue weighted by Crippen LogP contribution is -2.37. The maximum absolute atomic E-state index is 10.3. The van der Waals surface area contributed by atoms with Crippen LogP contribution >= 0.6 is 0 Å². The summed E-state index contributed by atoms with van der Waals surface area (Å²) in [5.74, 6) is 0.744. The van der Waals surface area contributed by atoms with Crippen LogP contribution in [0.2, 0.25) is 0 Å². The lowest BCUT2D eigenvalue weighted by Gasteiger charge is -2.32. The molecule has 3 N–H and O–H groups in total. The van der Waals surface area contributed by atoms with Gasteiger partial charge in [0, 0.05) is 18.8 Å². The van der Waals surface area contributed by atoms with E-state index >= 15 is 0 Å². The Labute approximate surface area is 110 Å². The van der Waals surface area contributed by atoms with E-state index in [0.717, 1.165) is 35.8 Å². The van der Waals surface area contributed by atoms with Gasteiger partial charge in [-0.25, -0.2) is 0 Å². The van der Waals surface area contributed by atoms with Crippen molar-refractivity contribution in [3.63, 3.8) is 0 Å². The Morgan fingerprint density at radius 1 is 1.50 bits per heavy atom. The van der Waals surface area contributed by atoms with Gasteiger partial charge < -0.3 is 15.7 Å². The number of piperidine rings is 1. The molecular formula is C15H24N2O. The predicted octanol–water partition coefficient (Wildman–Crippen LogP) is 2.34. The zero-order valence-corrected chi connectivity index (χ0v) is 11.4. The number of anilines is 1. The number of likely N-dealkylation sites (tertiary alicyclic amines) is 1. The third kappa shape index (κ3) is 3.24. The Hall–Kier alpha value is -1.06. The largest absolute Gasteiger partial charge is 0.399 e. The number of hydrogen-bond acceptors (Lipinski definition) is 3. The van der Waals surface area contributed by atoms with Crippen molar-refractivity contribution in [3.8, 4) is 0 Å². The second-order valence-electron chi connectivity index (χ2n) is 5.64. The lowest BCUT2D eigenvalue weighted by molar-refractivity contribution is 0.0876. The number of aliphatic hydroxyl groups excluding tert-OH is 1. The zero-order chi connectivity index (χ0) is 13.1. The van der Waals surface area contributed by atoms with Crippen LogP contribution in [0.3, 0.4) is 0 Å². The van der Waals surface area contributed by atoms with Crippen molar-refractivity contribution in [2.24, 2.45) is 5.92 Å². The van der Waals surface area contributed by atoms with E-state index in [1.165, 1.54) is 12.8 Å². The first-order valence-electron chi connectivity index (χ1n) is 6.82. The first-order valence-corrected chi connectivity index (χ1v) is 6.82. The highest BCUT2D eigenvalue weighted by molar-refractivity contribution is 5.48. The number of nitrogen functional groups attached to an aromatic ring is 1. The van der Waals surface area contributed by atoms with Crippen molar-refractivity contribution < 1.29 is 5.11 Å². The monoisotopic (exact) mass is 248 g/mol. The molecule has 2 atom stereocenters. The summed E-state index contributed by atoms with van der Waals surface area (Å²) in [6.45, 7) is 7.17. The topological polar surface area (TPSA) is 49.5 Å². The first-order chi connectivity index (χ1) is 8.56. The second kappa shape index (κ2) is 5.72. The predicted molar refractivity (Wildman–Crippen MR) is 75.4 cm³/mol. The van der Waals surface area contributed by atoms with Crippen LogP contribution < -0.4 is 5.73 Å². The molecule has 1 aromatic carbocycles. The number of hydrogen-bond donors (Lipinski definition) is 2. The molecule has 1 aliphatic rings. The number of β-amino-alcohol motifs (C(OH)–C–C–N with tert-alkyl or cyclic N) is 1. The van der Waals surface area contributed by atoms with Gasteiger partial charge in [-0.05, 0) is 49.4 Å². The van der Waals surface area contributed by atoms with Gasteiger partial charge in [0.05, 0.1) is 6.10 Å². The lowest BCUT2D eigenvalue weighted by atomic mass is 9.99. The second-order valence-corrected chi connectivity index (χ2v) is 5.64. The van der Waals surface area contributed by atoms with Crippen LogP contribution in [-0.4, -0.2) is 29.6 Å². The summed E-state index contributed by atoms with van der Waals surface area (Å²) in [6, 6.07) is 5.85. The van der Waals surface area contributed by atoms with Gasteiger partial charge in [-0.2, -0.15) is 0 Å². The van der Waals surface area contributed by atoms with Crippen molar-refractivity contribution in [2.45, 2.75) is 32.8 Å². The molecule has 100 valence electrons. The third-order valence-corrected chi connectivity index (χ3v) is 3.86. The number of rotatable bonds is 3. The third-order valence-electron chi connectivity index (χ3n) is 3.86. The summed E-state index contributed by atoms with van der Waals surface area (Å²) in [4.78, 5) is 2.36. The zero-order valence-electron chi connectivity index (χ0n) is 11.4. The van der Waals surface area contributed by atoms with Crippen molar-refractivity contribution in [2.75, 3.05) is 25.4 Å². The molecule has 1 saturated heterocycles. The van der Waals surface area contributed by atoms with E-state index < -0.39 is 6.10 Å². The summed E-state index contributed by atoms with van der Waals surface area (Å²) in [5, 5.41) is 10.3. The molecule has 0 radical (unpaired) electrons. The van der Waals surface area contributed by atoms with Crippen LogP contribution in [0.15, 0.2) is 18.2 Å². The van der Waals surface area contributed by atoms with Crippen LogP contribution in [0.5, 0.6) is 0 Å². The van der Waals surface area contributed by atoms with Crippen LogP contribution in [0.25, 0.3) is 0 Å². The molecule has 0 spiro atoms. The van der Waals surface area contributed by atoms with Gasteiger partial charge >= 0.3 is 0 Å². The molecule has 3 heteroatoms. The van der Waals surface area contributed by atoms with Gasteiger partial charge in [0.25, 0.3) is 0 Å². The van der Waals surface area contributed by atoms with Crippen molar-refractivity contribution >= 4 is 5.69 Å². The molecule has 3 nitrogen and oxygen atoms in total. The van der Waals surface area contributed by atoms with Gasteiger partial charge in [0.2, 0.25) is 0 Å². The fourth-order valence-corrected chi connectivity index (χ4v) is 2.67. The van der Waals surface area contributed by atoms with E-state index in [0.29, 0.717) is 6.54 Å². The Bertz CT molecular complexity index is 405. The van der Waals surface area contributed by atoms with Crippen LogP contribution in [0.1, 0.15) is 37.0 Å². The van der Waals surface area contributed by atoms with E-state index in [-0.39, 0.29) is 0 Å². The Morgan fingerprint density at radius 2 is 2.28 bits per heavy atom. The van der Waals surface area contributed by atoms with Gasteiger partial charge in [-0.1, -0.05) is 19.1 Å². The molecule has 2 rings (SSSR count). The summed E-state index contributed by atoms with van der Waals surface area (Å²) >= 11 is 0. The Balaban J connectivity index is 1.98. The maximum atomic E-state index is 10.3. The molecule has 0 saturated carbocycles. The quantitative estimate of drug-likeness (QED) is 0.807. The molecule has 0 aliphatic carbocycles. The van der Waals surface area contributed by atoms with Crippen molar-refractivity contribution in [1.82, 2.24) is 4.90 Å². The average Bonchev–Trinajstić information content (AvgIpc) is 2.32. The van der Waals surface area contributed by atoms with E-state index in [9.17, 15) is 5.11 Å². The molecule has 2 unspecified atom stereocenters. The first kappa shape index (κ1) is 13.4. The molecule has 1 aromatic rings. The summed E-state index contributed by atoms with van der Waals surface area (Å²) in [5.41, 5.74) is 8.65. The molecule has 18 heavy (non-hydrogen) atoms. The van der Waals surface area contributed by atoms with Gasteiger partial charge in [-0.3, -0.25) is 0 Å². The van der Waals surface area contributed by atoms with Crippen molar-refractivity contribution in [3.05, 3.63) is 29.3 Å². The van der Waals surface area contributed by atoms with E-state index in [2.05, 4.69) is 11.8 Å². The standard InChI is InChI=1S/C15H24N2O/c1-11-4-3-7-17(9-11)10-15(18)13-6-5-12(2)14(16)8-13/h5-6,8,11,15,18H,3-4,7,9-10,16H2,1-2H3. The molecule has 1 fully saturated rings. The Morgan fingerprint density at radius 3 is 2.94 bits per heavy atom. The maximum Gasteiger partial charge on any atom is 0.0917 e. The van der Waals surface area contributed by atoms with Crippen LogP contribution in [0, 0.1) is 12.8 Å². The fraction of sp³-hybridized carbons (Fsp3) is 0.600. The molecule has 0 aromatic heterocycles. The SMILES string of the molecule is Cc1ccc(C(O)CN2CCCC(C)C2)cc1N. The molecule has 0 amide bonds. The minimum absolute atomic E-state index is 0.432. The highest BCUT2D eigenvalue weighted by Gasteiger charge is 2.19. The minimum atomic E-state index is -0.432. The number of aliphatic hydroxyl groups is 1. The highest BCUT2D eigenvalue weighted by Crippen LogP contribution is 2.22. The molecule has 1 heterocycles. The summed E-state index contributed by atoms with van der Waals surface area (Å²) in [6.07, 6.45) is 2.12. The van der Waals surface area contributed by atoms with E-state index in [1.807, 2.05) is 25.1 Å². The van der Waals surface area contributed by atoms with Crippen molar-refractivity contribution in [1.29, 1.82) is 0 Å². The van der Waals surface area contributed by atoms with E-state index in [4.69, 9.17) is 5.73 Å². The van der Waals surface area contributed by atoms with E-state index in [1.54, 1.807) is 0 Å². The molecular weight excluding hydrogens is 224 g/mol. The number of benzene rings is 1. The van der Waals surface area contributed by atoms with Gasteiger partial charge in [-0.15, -0.1) is 0 Å². The highest BCUT2D eigenvalue weighted by atomic mass is 16.3. The number of aryl methyl sites for hydroxylation is 1. The van der Waals surface area contributed by atoms with Crippen LogP contribution in [0.4, 0.5) is 5.69 Å². The number of nitrogens with zero attached hydrogens (tertiary/aromatic N) is 1. The summed E-state index contributed by atoms with van der Waals surface area (Å²) < 4.78 is 0. The average molecular weight is 248 g/mol. The van der Waals surface area contributed by atoms with Gasteiger partial charge in [0.1, 0.15) is 0 Å². The molecule has 1 aliphatic heterocycles. The minimum Gasteiger partial charge on any atom is -0.399 e. The smallest absolute Gasteiger partial charge is 0.0917 e. The fourth-order valence-electron chi connectivity index (χ4n) is 2.67. The number of nitrogens with two attached hydrogens (primary N) is 1. The Kier molecular flexibility index (Phi) is 4.25. The molecule has 0 bridgehead atoms. The summed E-state index contributed by atoms with van der Waals surface area (Å²) in [7, 11) is 0.